The van der Waals surface area contributed by atoms with Crippen LogP contribution in [0.25, 0.3) is 0 Å². The van der Waals surface area contributed by atoms with Gasteiger partial charge in [0.2, 0.25) is 0 Å². The summed E-state index contributed by atoms with van der Waals surface area (Å²) in [6.07, 6.45) is -2.46. The first-order chi connectivity index (χ1) is 7.91. The molecule has 0 saturated heterocycles. The van der Waals surface area contributed by atoms with E-state index in [2.05, 4.69) is 0 Å². The Labute approximate surface area is 102 Å². The van der Waals surface area contributed by atoms with Crippen molar-refractivity contribution in [1.29, 1.82) is 0 Å². The van der Waals surface area contributed by atoms with Gasteiger partial charge in [-0.15, -0.1) is 0 Å². The molecule has 0 aliphatic rings. The smallest absolute Gasteiger partial charge is 0.303 e. The van der Waals surface area contributed by atoms with Crippen molar-refractivity contribution in [2.75, 3.05) is 0 Å². The summed E-state index contributed by atoms with van der Waals surface area (Å²) in [5.41, 5.74) is 6.04. The third-order valence-electron chi connectivity index (χ3n) is 2.35. The Hall–Kier alpha value is -1.20. The van der Waals surface area contributed by atoms with Gasteiger partial charge >= 0.3 is 5.97 Å². The van der Waals surface area contributed by atoms with Crippen molar-refractivity contribution in [1.82, 2.24) is 0 Å². The number of nitrogens with two attached hydrogens (primary N) is 1. The van der Waals surface area contributed by atoms with Gasteiger partial charge in [-0.1, -0.05) is 23.7 Å². The van der Waals surface area contributed by atoms with Crippen LogP contribution in [0.4, 0.5) is 8.78 Å². The molecule has 1 aromatic rings. The van der Waals surface area contributed by atoms with Crippen LogP contribution in [0, 0.1) is 0 Å². The van der Waals surface area contributed by atoms with E-state index in [-0.39, 0.29) is 23.4 Å². The van der Waals surface area contributed by atoms with Crippen LogP contribution in [0.5, 0.6) is 0 Å². The zero-order chi connectivity index (χ0) is 13.0. The number of hydrogen-bond donors (Lipinski definition) is 2. The second-order valence-electron chi connectivity index (χ2n) is 3.62. The Morgan fingerprint density at radius 3 is 2.59 bits per heavy atom. The lowest BCUT2D eigenvalue weighted by Crippen LogP contribution is -2.13. The molecule has 6 heteroatoms. The number of hydrogen-bond acceptors (Lipinski definition) is 2. The van der Waals surface area contributed by atoms with E-state index in [9.17, 15) is 13.6 Å². The predicted molar refractivity (Wildman–Crippen MR) is 60.2 cm³/mol. The number of aliphatic carboxylic acids is 1. The summed E-state index contributed by atoms with van der Waals surface area (Å²) in [4.78, 5) is 10.4. The maximum absolute atomic E-state index is 12.4. The molecule has 0 radical (unpaired) electrons. The van der Waals surface area contributed by atoms with Crippen LogP contribution in [0.3, 0.4) is 0 Å². The lowest BCUT2D eigenvalue weighted by molar-refractivity contribution is -0.137. The van der Waals surface area contributed by atoms with Crippen LogP contribution < -0.4 is 5.73 Å². The fourth-order valence-electron chi connectivity index (χ4n) is 1.41. The Bertz CT molecular complexity index is 412. The molecular weight excluding hydrogens is 252 g/mol. The molecular formula is C11H12ClF2NO2. The zero-order valence-electron chi connectivity index (χ0n) is 8.87. The molecule has 0 heterocycles. The number of halogens is 3. The molecule has 17 heavy (non-hydrogen) atoms. The lowest BCUT2D eigenvalue weighted by atomic mass is 10.0. The number of rotatable bonds is 5. The van der Waals surface area contributed by atoms with Gasteiger partial charge in [0, 0.05) is 23.0 Å². The molecule has 1 atom stereocenters. The lowest BCUT2D eigenvalue weighted by Gasteiger charge is -2.13. The minimum atomic E-state index is -2.59. The van der Waals surface area contributed by atoms with Crippen molar-refractivity contribution >= 4 is 17.6 Å². The minimum absolute atomic E-state index is 0.0892. The Morgan fingerprint density at radius 2 is 2.12 bits per heavy atom. The van der Waals surface area contributed by atoms with Gasteiger partial charge in [0.15, 0.2) is 0 Å². The first-order valence-electron chi connectivity index (χ1n) is 4.96. The molecule has 0 fully saturated rings. The molecule has 3 nitrogen and oxygen atoms in total. The van der Waals surface area contributed by atoms with Gasteiger partial charge in [0.05, 0.1) is 0 Å². The maximum atomic E-state index is 12.4. The summed E-state index contributed by atoms with van der Waals surface area (Å²) in [6.45, 7) is 0. The topological polar surface area (TPSA) is 63.3 Å². The highest BCUT2D eigenvalue weighted by Gasteiger charge is 2.14. The monoisotopic (exact) mass is 263 g/mol. The van der Waals surface area contributed by atoms with E-state index in [1.807, 2.05) is 0 Å². The van der Waals surface area contributed by atoms with Crippen LogP contribution in [-0.2, 0) is 4.79 Å². The number of alkyl halides is 2. The van der Waals surface area contributed by atoms with E-state index >= 15 is 0 Å². The van der Waals surface area contributed by atoms with Gasteiger partial charge in [0.25, 0.3) is 6.43 Å². The van der Waals surface area contributed by atoms with Gasteiger partial charge in [-0.2, -0.15) is 0 Å². The number of carboxylic acid groups (broad SMARTS) is 1. The van der Waals surface area contributed by atoms with E-state index in [0.29, 0.717) is 5.56 Å². The van der Waals surface area contributed by atoms with Gasteiger partial charge in [0.1, 0.15) is 0 Å². The largest absolute Gasteiger partial charge is 0.481 e. The highest BCUT2D eigenvalue weighted by Crippen LogP contribution is 2.29. The fraction of sp³-hybridized carbons (Fsp3) is 0.364. The van der Waals surface area contributed by atoms with E-state index in [0.717, 1.165) is 6.07 Å². The van der Waals surface area contributed by atoms with Crippen LogP contribution in [0.15, 0.2) is 18.2 Å². The van der Waals surface area contributed by atoms with Crippen LogP contribution >= 0.6 is 11.6 Å². The van der Waals surface area contributed by atoms with Crippen LogP contribution in [0.1, 0.15) is 36.4 Å². The van der Waals surface area contributed by atoms with E-state index in [1.54, 1.807) is 0 Å². The van der Waals surface area contributed by atoms with Crippen LogP contribution in [0.2, 0.25) is 5.02 Å². The van der Waals surface area contributed by atoms with Crippen molar-refractivity contribution in [3.8, 4) is 0 Å². The van der Waals surface area contributed by atoms with Crippen molar-refractivity contribution in [3.05, 3.63) is 34.3 Å². The fourth-order valence-corrected chi connectivity index (χ4v) is 1.74. The third kappa shape index (κ3) is 3.94. The highest BCUT2D eigenvalue weighted by molar-refractivity contribution is 6.31. The average molecular weight is 264 g/mol. The summed E-state index contributed by atoms with van der Waals surface area (Å²) in [7, 11) is 0. The van der Waals surface area contributed by atoms with Crippen molar-refractivity contribution < 1.29 is 18.7 Å². The number of carboxylic acids is 1. The Morgan fingerprint density at radius 1 is 1.47 bits per heavy atom. The van der Waals surface area contributed by atoms with Gasteiger partial charge in [-0.05, 0) is 18.1 Å². The van der Waals surface area contributed by atoms with Crippen molar-refractivity contribution in [2.45, 2.75) is 25.3 Å². The summed E-state index contributed by atoms with van der Waals surface area (Å²) >= 11 is 5.82. The van der Waals surface area contributed by atoms with E-state index in [1.165, 1.54) is 12.1 Å². The Kier molecular flexibility index (Phi) is 4.84. The normalized spacial score (nSPS) is 12.8. The summed E-state index contributed by atoms with van der Waals surface area (Å²) in [5, 5.41) is 8.65. The molecule has 1 unspecified atom stereocenters. The zero-order valence-corrected chi connectivity index (χ0v) is 9.62. The number of benzene rings is 1. The molecule has 3 N–H and O–H groups in total. The molecule has 0 saturated carbocycles. The van der Waals surface area contributed by atoms with E-state index < -0.39 is 18.4 Å². The second-order valence-corrected chi connectivity index (χ2v) is 4.03. The highest BCUT2D eigenvalue weighted by atomic mass is 35.5. The van der Waals surface area contributed by atoms with Crippen molar-refractivity contribution in [2.24, 2.45) is 5.73 Å². The van der Waals surface area contributed by atoms with Gasteiger partial charge < -0.3 is 10.8 Å². The van der Waals surface area contributed by atoms with E-state index in [4.69, 9.17) is 22.4 Å². The minimum Gasteiger partial charge on any atom is -0.481 e. The van der Waals surface area contributed by atoms with Gasteiger partial charge in [-0.3, -0.25) is 4.79 Å². The first kappa shape index (κ1) is 13.9. The van der Waals surface area contributed by atoms with Crippen LogP contribution in [-0.4, -0.2) is 11.1 Å². The molecule has 0 amide bonds. The third-order valence-corrected chi connectivity index (χ3v) is 2.67. The first-order valence-corrected chi connectivity index (χ1v) is 5.34. The summed E-state index contributed by atoms with van der Waals surface area (Å²) in [6, 6.07) is 3.25. The molecule has 1 rings (SSSR count). The molecule has 0 aliphatic carbocycles. The summed E-state index contributed by atoms with van der Waals surface area (Å²) < 4.78 is 24.7. The SMILES string of the molecule is NC(CCC(=O)O)c1ccc(C(F)F)cc1Cl. The maximum Gasteiger partial charge on any atom is 0.303 e. The van der Waals surface area contributed by atoms with Crippen molar-refractivity contribution in [3.63, 3.8) is 0 Å². The quantitative estimate of drug-likeness (QED) is 0.858. The molecule has 0 bridgehead atoms. The average Bonchev–Trinajstić information content (AvgIpc) is 2.25. The van der Waals surface area contributed by atoms with Gasteiger partial charge in [-0.25, -0.2) is 8.78 Å². The molecule has 0 aromatic heterocycles. The summed E-state index contributed by atoms with van der Waals surface area (Å²) in [5.74, 6) is -0.958. The molecule has 0 aliphatic heterocycles. The second kappa shape index (κ2) is 5.93. The Balaban J connectivity index is 2.80. The molecule has 0 spiro atoms. The molecule has 94 valence electrons. The standard InChI is InChI=1S/C11H12ClF2NO2/c12-8-5-6(11(13)14)1-2-7(8)9(15)3-4-10(16)17/h1-2,5,9,11H,3-4,15H2,(H,16,17). The molecule has 1 aromatic carbocycles. The predicted octanol–water partition coefficient (Wildman–Crippen LogP) is 3.14. The number of carbonyl (C=O) groups is 1.